The highest BCUT2D eigenvalue weighted by Crippen LogP contribution is 2.36. The number of nitrogens with one attached hydrogen (secondary N) is 1. The topological polar surface area (TPSA) is 70.0 Å². The molecular formula is C14H14N2O2. The quantitative estimate of drug-likeness (QED) is 0.884. The second kappa shape index (κ2) is 4.53. The normalized spacial score (nSPS) is 23.5. The summed E-state index contributed by atoms with van der Waals surface area (Å²) in [5.74, 6) is 0.651. The first-order chi connectivity index (χ1) is 8.60. The lowest BCUT2D eigenvalue weighted by Gasteiger charge is -2.23. The van der Waals surface area contributed by atoms with Gasteiger partial charge in [0.25, 0.3) is 0 Å². The van der Waals surface area contributed by atoms with E-state index in [2.05, 4.69) is 0 Å². The molecule has 1 aromatic heterocycles. The number of hydrogen-bond donors (Lipinski definition) is 1. The Morgan fingerprint density at radius 3 is 2.83 bits per heavy atom. The number of furan rings is 1. The van der Waals surface area contributed by atoms with Crippen LogP contribution in [-0.2, 0) is 4.74 Å². The zero-order valence-corrected chi connectivity index (χ0v) is 10.4. The summed E-state index contributed by atoms with van der Waals surface area (Å²) in [6, 6.07) is 5.66. The van der Waals surface area contributed by atoms with E-state index in [4.69, 9.17) is 19.8 Å². The van der Waals surface area contributed by atoms with Gasteiger partial charge in [0.15, 0.2) is 0 Å². The molecule has 0 amide bonds. The zero-order chi connectivity index (χ0) is 13.2. The van der Waals surface area contributed by atoms with E-state index in [1.165, 1.54) is 0 Å². The van der Waals surface area contributed by atoms with E-state index in [1.54, 1.807) is 24.5 Å². The van der Waals surface area contributed by atoms with Crippen LogP contribution in [0, 0.1) is 16.7 Å². The standard InChI is InChI=1S/C14H14N2O2/c1-3-14(2)12(11(9-15)13(16)18-14)7-6-10-5-4-8-17-10/h4-8,16H,3H2,1-2H3. The minimum absolute atomic E-state index is 0.0547. The molecule has 0 saturated heterocycles. The van der Waals surface area contributed by atoms with Crippen molar-refractivity contribution in [2.24, 2.45) is 0 Å². The summed E-state index contributed by atoms with van der Waals surface area (Å²) in [5.41, 5.74) is 0.418. The summed E-state index contributed by atoms with van der Waals surface area (Å²) in [4.78, 5) is 0. The molecule has 0 spiro atoms. The number of ether oxygens (including phenoxy) is 1. The summed E-state index contributed by atoms with van der Waals surface area (Å²) in [7, 11) is 0. The number of rotatable bonds is 3. The highest BCUT2D eigenvalue weighted by atomic mass is 16.5. The number of nitrogens with zero attached hydrogens (tertiary/aromatic N) is 1. The fourth-order valence-electron chi connectivity index (χ4n) is 1.90. The number of hydrogen-bond acceptors (Lipinski definition) is 4. The largest absolute Gasteiger partial charge is 0.466 e. The molecule has 92 valence electrons. The smallest absolute Gasteiger partial charge is 0.225 e. The molecule has 0 saturated carbocycles. The van der Waals surface area contributed by atoms with Gasteiger partial charge in [0.2, 0.25) is 5.90 Å². The molecule has 0 aromatic carbocycles. The molecule has 1 atom stereocenters. The Morgan fingerprint density at radius 2 is 2.28 bits per heavy atom. The van der Waals surface area contributed by atoms with Gasteiger partial charge in [0.05, 0.1) is 6.26 Å². The first kappa shape index (κ1) is 12.2. The van der Waals surface area contributed by atoms with Gasteiger partial charge in [-0.15, -0.1) is 0 Å². The summed E-state index contributed by atoms with van der Waals surface area (Å²) in [6.45, 7) is 3.85. The summed E-state index contributed by atoms with van der Waals surface area (Å²) in [5, 5.41) is 16.8. The van der Waals surface area contributed by atoms with Gasteiger partial charge in [-0.3, -0.25) is 5.41 Å². The Morgan fingerprint density at radius 1 is 1.50 bits per heavy atom. The highest BCUT2D eigenvalue weighted by molar-refractivity contribution is 6.00. The minimum atomic E-state index is -0.606. The molecule has 18 heavy (non-hydrogen) atoms. The molecule has 1 aliphatic rings. The van der Waals surface area contributed by atoms with Crippen molar-refractivity contribution in [3.8, 4) is 6.07 Å². The van der Waals surface area contributed by atoms with Crippen LogP contribution in [0.5, 0.6) is 0 Å². The maximum Gasteiger partial charge on any atom is 0.225 e. The van der Waals surface area contributed by atoms with Gasteiger partial charge in [0.1, 0.15) is 23.0 Å². The maximum absolute atomic E-state index is 9.11. The summed E-state index contributed by atoms with van der Waals surface area (Å²) in [6.07, 6.45) is 5.86. The Labute approximate surface area is 106 Å². The molecule has 0 fully saturated rings. The third-order valence-electron chi connectivity index (χ3n) is 3.14. The van der Waals surface area contributed by atoms with Gasteiger partial charge in [-0.25, -0.2) is 0 Å². The van der Waals surface area contributed by atoms with E-state index in [0.717, 1.165) is 5.57 Å². The molecule has 0 radical (unpaired) electrons. The average Bonchev–Trinajstić information content (AvgIpc) is 2.93. The van der Waals surface area contributed by atoms with E-state index in [1.807, 2.05) is 26.0 Å². The van der Waals surface area contributed by atoms with Crippen LogP contribution < -0.4 is 0 Å². The predicted octanol–water partition coefficient (Wildman–Crippen LogP) is 3.29. The van der Waals surface area contributed by atoms with Gasteiger partial charge in [-0.2, -0.15) is 5.26 Å². The second-order valence-corrected chi connectivity index (χ2v) is 4.26. The second-order valence-electron chi connectivity index (χ2n) is 4.26. The molecule has 1 aromatic rings. The molecular weight excluding hydrogens is 228 g/mol. The van der Waals surface area contributed by atoms with Crippen molar-refractivity contribution in [1.29, 1.82) is 10.7 Å². The Balaban J connectivity index is 2.41. The molecule has 0 aliphatic carbocycles. The molecule has 2 rings (SSSR count). The van der Waals surface area contributed by atoms with Gasteiger partial charge in [-0.05, 0) is 37.6 Å². The molecule has 1 N–H and O–H groups in total. The van der Waals surface area contributed by atoms with E-state index in [0.29, 0.717) is 17.8 Å². The fraction of sp³-hybridized carbons (Fsp3) is 0.286. The first-order valence-corrected chi connectivity index (χ1v) is 5.75. The lowest BCUT2D eigenvalue weighted by atomic mass is 9.91. The third kappa shape index (κ3) is 1.95. The molecule has 2 heterocycles. The van der Waals surface area contributed by atoms with E-state index in [-0.39, 0.29) is 5.90 Å². The SMILES string of the molecule is CCC1(C)OC(=N)C(C#N)=C1C=Cc1ccco1. The van der Waals surface area contributed by atoms with Gasteiger partial charge >= 0.3 is 0 Å². The fourth-order valence-corrected chi connectivity index (χ4v) is 1.90. The maximum atomic E-state index is 9.11. The Kier molecular flexibility index (Phi) is 3.07. The third-order valence-corrected chi connectivity index (χ3v) is 3.14. The van der Waals surface area contributed by atoms with Gasteiger partial charge in [-0.1, -0.05) is 6.92 Å². The first-order valence-electron chi connectivity index (χ1n) is 5.75. The highest BCUT2D eigenvalue weighted by Gasteiger charge is 2.39. The van der Waals surface area contributed by atoms with Crippen LogP contribution in [0.25, 0.3) is 6.08 Å². The average molecular weight is 242 g/mol. The zero-order valence-electron chi connectivity index (χ0n) is 10.4. The Hall–Kier alpha value is -2.28. The molecule has 4 heteroatoms. The van der Waals surface area contributed by atoms with Crippen LogP contribution in [0.3, 0.4) is 0 Å². The summed E-state index contributed by atoms with van der Waals surface area (Å²) >= 11 is 0. The van der Waals surface area contributed by atoms with Crippen LogP contribution >= 0.6 is 0 Å². The van der Waals surface area contributed by atoms with E-state index in [9.17, 15) is 0 Å². The molecule has 1 aliphatic heterocycles. The van der Waals surface area contributed by atoms with Gasteiger partial charge < -0.3 is 9.15 Å². The van der Waals surface area contributed by atoms with E-state index >= 15 is 0 Å². The van der Waals surface area contributed by atoms with Crippen molar-refractivity contribution in [2.45, 2.75) is 25.9 Å². The van der Waals surface area contributed by atoms with Crippen molar-refractivity contribution < 1.29 is 9.15 Å². The van der Waals surface area contributed by atoms with Crippen molar-refractivity contribution in [3.63, 3.8) is 0 Å². The number of nitriles is 1. The van der Waals surface area contributed by atoms with Crippen molar-refractivity contribution in [2.75, 3.05) is 0 Å². The van der Waals surface area contributed by atoms with Crippen molar-refractivity contribution >= 4 is 12.0 Å². The van der Waals surface area contributed by atoms with Crippen LogP contribution in [0.15, 0.2) is 40.0 Å². The Bertz CT molecular complexity index is 561. The predicted molar refractivity (Wildman–Crippen MR) is 67.9 cm³/mol. The molecule has 1 unspecified atom stereocenters. The van der Waals surface area contributed by atoms with E-state index < -0.39 is 5.60 Å². The van der Waals surface area contributed by atoms with Crippen molar-refractivity contribution in [1.82, 2.24) is 0 Å². The van der Waals surface area contributed by atoms with Crippen LogP contribution in [-0.4, -0.2) is 11.5 Å². The molecule has 0 bridgehead atoms. The van der Waals surface area contributed by atoms with Crippen LogP contribution in [0.2, 0.25) is 0 Å². The molecule has 4 nitrogen and oxygen atoms in total. The van der Waals surface area contributed by atoms with Crippen LogP contribution in [0.4, 0.5) is 0 Å². The monoisotopic (exact) mass is 242 g/mol. The van der Waals surface area contributed by atoms with Crippen molar-refractivity contribution in [3.05, 3.63) is 41.4 Å². The summed E-state index contributed by atoms with van der Waals surface area (Å²) < 4.78 is 10.7. The lowest BCUT2D eigenvalue weighted by Crippen LogP contribution is -2.25. The lowest BCUT2D eigenvalue weighted by molar-refractivity contribution is 0.126. The van der Waals surface area contributed by atoms with Crippen LogP contribution in [0.1, 0.15) is 26.0 Å². The van der Waals surface area contributed by atoms with Gasteiger partial charge in [0, 0.05) is 5.57 Å². The minimum Gasteiger partial charge on any atom is -0.466 e.